The molecule has 33 heavy (non-hydrogen) atoms. The van der Waals surface area contributed by atoms with Crippen LogP contribution >= 0.6 is 0 Å². The minimum atomic E-state index is -1.12. The van der Waals surface area contributed by atoms with E-state index in [0.29, 0.717) is 22.7 Å². The Balaban J connectivity index is 1.57. The number of nitrogens with zero attached hydrogens (tertiary/aromatic N) is 1. The van der Waals surface area contributed by atoms with Gasteiger partial charge >= 0.3 is 0 Å². The highest BCUT2D eigenvalue weighted by Crippen LogP contribution is 2.38. The van der Waals surface area contributed by atoms with Crippen molar-refractivity contribution in [2.24, 2.45) is 0 Å². The number of hydrogen-bond acceptors (Lipinski definition) is 4. The Hall–Kier alpha value is -3.35. The lowest BCUT2D eigenvalue weighted by Gasteiger charge is -2.38. The number of carbonyl (C=O) groups is 3. The summed E-state index contributed by atoms with van der Waals surface area (Å²) in [7, 11) is 0. The molecule has 2 aliphatic rings. The first kappa shape index (κ1) is 22.8. The van der Waals surface area contributed by atoms with Crippen molar-refractivity contribution in [1.82, 2.24) is 5.32 Å². The van der Waals surface area contributed by atoms with Gasteiger partial charge in [-0.1, -0.05) is 18.9 Å². The Morgan fingerprint density at radius 2 is 1.79 bits per heavy atom. The van der Waals surface area contributed by atoms with Gasteiger partial charge in [0.15, 0.2) is 5.60 Å². The predicted octanol–water partition coefficient (Wildman–Crippen LogP) is 4.12. The fraction of sp³-hybridized carbons (Fsp3) is 0.423. The number of hydrogen-bond donors (Lipinski definition) is 2. The molecule has 3 amide bonds. The van der Waals surface area contributed by atoms with Gasteiger partial charge in [-0.2, -0.15) is 0 Å². The van der Waals surface area contributed by atoms with Gasteiger partial charge in [0, 0.05) is 17.3 Å². The first-order valence-corrected chi connectivity index (χ1v) is 11.5. The average molecular weight is 450 g/mol. The van der Waals surface area contributed by atoms with Crippen LogP contribution in [0.5, 0.6) is 5.75 Å². The molecular weight excluding hydrogens is 418 g/mol. The highest BCUT2D eigenvalue weighted by molar-refractivity contribution is 6.08. The molecule has 1 fully saturated rings. The highest BCUT2D eigenvalue weighted by Gasteiger charge is 2.42. The molecule has 0 spiro atoms. The third-order valence-corrected chi connectivity index (χ3v) is 6.42. The molecule has 174 valence electrons. The largest absolute Gasteiger partial charge is 0.476 e. The SMILES string of the molecule is Cc1ccc(NC(=O)CN2C(=O)C(C)(C)Oc3ccc(C(=O)NC4CCCC4)cc32)cc1C. The molecule has 1 aliphatic carbocycles. The van der Waals surface area contributed by atoms with Gasteiger partial charge in [-0.05, 0) is 82.0 Å². The maximum Gasteiger partial charge on any atom is 0.271 e. The van der Waals surface area contributed by atoms with Crippen LogP contribution in [-0.2, 0) is 9.59 Å². The number of anilines is 2. The van der Waals surface area contributed by atoms with Crippen molar-refractivity contribution in [3.05, 3.63) is 53.1 Å². The van der Waals surface area contributed by atoms with Gasteiger partial charge in [-0.25, -0.2) is 0 Å². The molecule has 2 aromatic carbocycles. The van der Waals surface area contributed by atoms with Crippen molar-refractivity contribution < 1.29 is 19.1 Å². The van der Waals surface area contributed by atoms with Gasteiger partial charge in [0.25, 0.3) is 11.8 Å². The highest BCUT2D eigenvalue weighted by atomic mass is 16.5. The van der Waals surface area contributed by atoms with Crippen LogP contribution in [0.4, 0.5) is 11.4 Å². The van der Waals surface area contributed by atoms with Crippen LogP contribution in [-0.4, -0.2) is 35.9 Å². The summed E-state index contributed by atoms with van der Waals surface area (Å²) in [6, 6.07) is 10.9. The van der Waals surface area contributed by atoms with Gasteiger partial charge in [0.05, 0.1) is 5.69 Å². The zero-order chi connectivity index (χ0) is 23.8. The third kappa shape index (κ3) is 4.87. The molecule has 7 nitrogen and oxygen atoms in total. The number of carbonyl (C=O) groups excluding carboxylic acids is 3. The van der Waals surface area contributed by atoms with E-state index in [1.807, 2.05) is 32.0 Å². The fourth-order valence-corrected chi connectivity index (χ4v) is 4.37. The van der Waals surface area contributed by atoms with E-state index in [4.69, 9.17) is 4.74 Å². The monoisotopic (exact) mass is 449 g/mol. The van der Waals surface area contributed by atoms with Crippen LogP contribution < -0.4 is 20.3 Å². The van der Waals surface area contributed by atoms with Crippen molar-refractivity contribution in [3.63, 3.8) is 0 Å². The maximum atomic E-state index is 13.2. The van der Waals surface area contributed by atoms with Gasteiger partial charge in [-0.3, -0.25) is 19.3 Å². The summed E-state index contributed by atoms with van der Waals surface area (Å²) in [6.45, 7) is 7.15. The average Bonchev–Trinajstić information content (AvgIpc) is 3.26. The summed E-state index contributed by atoms with van der Waals surface area (Å²) >= 11 is 0. The van der Waals surface area contributed by atoms with Crippen LogP contribution in [0.25, 0.3) is 0 Å². The fourth-order valence-electron chi connectivity index (χ4n) is 4.37. The topological polar surface area (TPSA) is 87.7 Å². The van der Waals surface area contributed by atoms with Gasteiger partial charge < -0.3 is 15.4 Å². The van der Waals surface area contributed by atoms with E-state index >= 15 is 0 Å². The zero-order valence-electron chi connectivity index (χ0n) is 19.7. The molecule has 1 aliphatic heterocycles. The van der Waals surface area contributed by atoms with Crippen molar-refractivity contribution in [2.75, 3.05) is 16.8 Å². The van der Waals surface area contributed by atoms with Crippen LogP contribution in [0.15, 0.2) is 36.4 Å². The Kier molecular flexibility index (Phi) is 6.15. The molecule has 1 saturated carbocycles. The molecule has 0 atom stereocenters. The Morgan fingerprint density at radius 1 is 1.06 bits per heavy atom. The van der Waals surface area contributed by atoms with Crippen molar-refractivity contribution in [1.29, 1.82) is 0 Å². The summed E-state index contributed by atoms with van der Waals surface area (Å²) in [5.74, 6) is -0.368. The van der Waals surface area contributed by atoms with Gasteiger partial charge in [0.2, 0.25) is 5.91 Å². The number of fused-ring (bicyclic) bond motifs is 1. The number of benzene rings is 2. The second-order valence-electron chi connectivity index (χ2n) is 9.49. The second-order valence-corrected chi connectivity index (χ2v) is 9.49. The van der Waals surface area contributed by atoms with Crippen LogP contribution in [0.2, 0.25) is 0 Å². The minimum Gasteiger partial charge on any atom is -0.476 e. The van der Waals surface area contributed by atoms with Gasteiger partial charge in [-0.15, -0.1) is 0 Å². The molecule has 2 N–H and O–H groups in total. The molecule has 0 saturated heterocycles. The Labute approximate surface area is 194 Å². The summed E-state index contributed by atoms with van der Waals surface area (Å²) in [5.41, 5.74) is 2.62. The molecule has 0 bridgehead atoms. The lowest BCUT2D eigenvalue weighted by molar-refractivity contribution is -0.133. The zero-order valence-corrected chi connectivity index (χ0v) is 19.7. The number of ether oxygens (including phenoxy) is 1. The molecule has 0 unspecified atom stereocenters. The van der Waals surface area contributed by atoms with E-state index in [1.165, 1.54) is 4.90 Å². The number of aryl methyl sites for hydroxylation is 2. The molecule has 2 aromatic rings. The van der Waals surface area contributed by atoms with E-state index in [2.05, 4.69) is 10.6 Å². The molecule has 0 aromatic heterocycles. The standard InChI is InChI=1S/C26H31N3O4/c1-16-9-11-20(13-17(16)2)27-23(30)15-29-21-14-18(24(31)28-19-7-5-6-8-19)10-12-22(21)33-26(3,4)25(29)32/h9-14,19H,5-8,15H2,1-4H3,(H,27,30)(H,28,31). The first-order chi connectivity index (χ1) is 15.6. The molecule has 7 heteroatoms. The minimum absolute atomic E-state index is 0.179. The van der Waals surface area contributed by atoms with E-state index in [9.17, 15) is 14.4 Å². The first-order valence-electron chi connectivity index (χ1n) is 11.5. The summed E-state index contributed by atoms with van der Waals surface area (Å²) < 4.78 is 5.90. The van der Waals surface area contributed by atoms with E-state index in [1.54, 1.807) is 32.0 Å². The van der Waals surface area contributed by atoms with Crippen molar-refractivity contribution in [3.8, 4) is 5.75 Å². The number of nitrogens with one attached hydrogen (secondary N) is 2. The maximum absolute atomic E-state index is 13.2. The molecule has 4 rings (SSSR count). The van der Waals surface area contributed by atoms with Gasteiger partial charge in [0.1, 0.15) is 12.3 Å². The lowest BCUT2D eigenvalue weighted by atomic mass is 10.0. The molecule has 0 radical (unpaired) electrons. The van der Waals surface area contributed by atoms with Crippen LogP contribution in [0.1, 0.15) is 61.0 Å². The summed E-state index contributed by atoms with van der Waals surface area (Å²) in [4.78, 5) is 40.2. The third-order valence-electron chi connectivity index (χ3n) is 6.42. The predicted molar refractivity (Wildman–Crippen MR) is 128 cm³/mol. The number of amides is 3. The summed E-state index contributed by atoms with van der Waals surface area (Å²) in [6.07, 6.45) is 4.21. The van der Waals surface area contributed by atoms with Crippen molar-refractivity contribution >= 4 is 29.1 Å². The van der Waals surface area contributed by atoms with Crippen LogP contribution in [0.3, 0.4) is 0 Å². The summed E-state index contributed by atoms with van der Waals surface area (Å²) in [5, 5.41) is 5.93. The van der Waals surface area contributed by atoms with E-state index in [0.717, 1.165) is 36.8 Å². The van der Waals surface area contributed by atoms with E-state index in [-0.39, 0.29) is 30.3 Å². The second kappa shape index (κ2) is 8.89. The molecule has 1 heterocycles. The molecular formula is C26H31N3O4. The Morgan fingerprint density at radius 3 is 2.48 bits per heavy atom. The normalized spacial score (nSPS) is 17.3. The number of rotatable bonds is 5. The Bertz CT molecular complexity index is 1100. The van der Waals surface area contributed by atoms with E-state index < -0.39 is 5.60 Å². The lowest BCUT2D eigenvalue weighted by Crippen LogP contribution is -2.54. The van der Waals surface area contributed by atoms with Crippen LogP contribution in [0, 0.1) is 13.8 Å². The smallest absolute Gasteiger partial charge is 0.271 e. The quantitative estimate of drug-likeness (QED) is 0.719. The van der Waals surface area contributed by atoms with Crippen molar-refractivity contribution in [2.45, 2.75) is 65.0 Å².